The normalized spacial score (nSPS) is 15.7. The minimum absolute atomic E-state index is 0.270. The van der Waals surface area contributed by atoms with Crippen molar-refractivity contribution in [3.63, 3.8) is 0 Å². The third-order valence-corrected chi connectivity index (χ3v) is 5.65. The molecule has 0 saturated heterocycles. The van der Waals surface area contributed by atoms with Crippen LogP contribution >= 0.6 is 0 Å². The summed E-state index contributed by atoms with van der Waals surface area (Å²) in [5, 5.41) is 8.78. The van der Waals surface area contributed by atoms with Gasteiger partial charge in [-0.3, -0.25) is 0 Å². The van der Waals surface area contributed by atoms with Gasteiger partial charge >= 0.3 is 0 Å². The van der Waals surface area contributed by atoms with Crippen LogP contribution in [0, 0.1) is 18.6 Å². The van der Waals surface area contributed by atoms with Gasteiger partial charge in [0, 0.05) is 31.0 Å². The Labute approximate surface area is 177 Å². The number of nitrogens with zero attached hydrogens (tertiary/aromatic N) is 4. The second kappa shape index (κ2) is 7.61. The van der Waals surface area contributed by atoms with E-state index in [1.165, 1.54) is 12.1 Å². The van der Waals surface area contributed by atoms with Crippen LogP contribution < -0.4 is 4.74 Å². The lowest BCUT2D eigenvalue weighted by molar-refractivity contribution is 0.414. The van der Waals surface area contributed by atoms with E-state index >= 15 is 0 Å². The molecule has 1 aliphatic heterocycles. The molecule has 2 aromatic carbocycles. The average molecular weight is 422 g/mol. The van der Waals surface area contributed by atoms with Crippen LogP contribution in [-0.4, -0.2) is 26.9 Å². The van der Waals surface area contributed by atoms with Gasteiger partial charge in [0.05, 0.1) is 18.9 Å². The molecule has 6 nitrogen and oxygen atoms in total. The van der Waals surface area contributed by atoms with Gasteiger partial charge in [-0.1, -0.05) is 12.1 Å². The van der Waals surface area contributed by atoms with Crippen LogP contribution in [0.2, 0.25) is 0 Å². The summed E-state index contributed by atoms with van der Waals surface area (Å²) in [4.78, 5) is 4.15. The first kappa shape index (κ1) is 19.4. The van der Waals surface area contributed by atoms with E-state index in [1.807, 2.05) is 22.8 Å². The Bertz CT molecular complexity index is 1260. The Hall–Kier alpha value is -3.55. The number of ether oxygens (including phenoxy) is 1. The fraction of sp³-hybridized carbons (Fsp3) is 0.261. The van der Waals surface area contributed by atoms with E-state index < -0.39 is 11.6 Å². The number of rotatable bonds is 4. The van der Waals surface area contributed by atoms with Gasteiger partial charge in [-0.05, 0) is 36.6 Å². The highest BCUT2D eigenvalue weighted by atomic mass is 19.1. The summed E-state index contributed by atoms with van der Waals surface area (Å²) < 4.78 is 41.0. The molecule has 0 amide bonds. The number of methoxy groups -OCH3 is 1. The standard InChI is InChI=1S/C23H20F2N4O2/c1-13-26-12-21(31-13)18-7-5-14(10-20(18)30-2)22-27-28-23-17(4-3-9-29(22)23)16-8-6-15(24)11-19(16)25/h5-8,10-12,17H,3-4,9H2,1-2H3. The fourth-order valence-corrected chi connectivity index (χ4v) is 4.19. The molecule has 3 heterocycles. The summed E-state index contributed by atoms with van der Waals surface area (Å²) in [6.07, 6.45) is 3.23. The molecule has 1 unspecified atom stereocenters. The molecule has 0 bridgehead atoms. The number of halogens is 2. The Morgan fingerprint density at radius 3 is 2.74 bits per heavy atom. The number of hydrogen-bond acceptors (Lipinski definition) is 5. The molecule has 0 N–H and O–H groups in total. The smallest absolute Gasteiger partial charge is 0.191 e. The van der Waals surface area contributed by atoms with E-state index in [9.17, 15) is 8.78 Å². The summed E-state index contributed by atoms with van der Waals surface area (Å²) in [5.74, 6) is 1.77. The van der Waals surface area contributed by atoms with E-state index in [2.05, 4.69) is 15.2 Å². The van der Waals surface area contributed by atoms with Crippen molar-refractivity contribution in [3.05, 3.63) is 71.5 Å². The zero-order chi connectivity index (χ0) is 21.5. The molecule has 2 aromatic heterocycles. The van der Waals surface area contributed by atoms with Crippen LogP contribution in [0.15, 0.2) is 47.0 Å². The number of benzene rings is 2. The lowest BCUT2D eigenvalue weighted by Gasteiger charge is -2.24. The van der Waals surface area contributed by atoms with E-state index in [4.69, 9.17) is 9.15 Å². The van der Waals surface area contributed by atoms with Crippen molar-refractivity contribution < 1.29 is 17.9 Å². The highest BCUT2D eigenvalue weighted by Crippen LogP contribution is 2.38. The first-order valence-electron chi connectivity index (χ1n) is 10.0. The summed E-state index contributed by atoms with van der Waals surface area (Å²) in [5.41, 5.74) is 2.06. The molecule has 158 valence electrons. The van der Waals surface area contributed by atoms with Crippen molar-refractivity contribution in [2.75, 3.05) is 7.11 Å². The van der Waals surface area contributed by atoms with Crippen LogP contribution in [0.4, 0.5) is 8.78 Å². The van der Waals surface area contributed by atoms with Crippen LogP contribution in [0.5, 0.6) is 5.75 Å². The van der Waals surface area contributed by atoms with Crippen molar-refractivity contribution >= 4 is 0 Å². The van der Waals surface area contributed by atoms with Crippen LogP contribution in [0.25, 0.3) is 22.7 Å². The molecule has 0 aliphatic carbocycles. The topological polar surface area (TPSA) is 66.0 Å². The quantitative estimate of drug-likeness (QED) is 0.457. The average Bonchev–Trinajstić information content (AvgIpc) is 3.39. The van der Waals surface area contributed by atoms with Crippen molar-refractivity contribution in [1.82, 2.24) is 19.7 Å². The number of aromatic nitrogens is 4. The maximum absolute atomic E-state index is 14.4. The van der Waals surface area contributed by atoms with Gasteiger partial charge in [-0.15, -0.1) is 10.2 Å². The van der Waals surface area contributed by atoms with Gasteiger partial charge in [0.25, 0.3) is 0 Å². The highest BCUT2D eigenvalue weighted by molar-refractivity contribution is 5.71. The SMILES string of the molecule is COc1cc(-c2nnc3n2CCCC3c2ccc(F)cc2F)ccc1-c1cnc(C)o1. The Balaban J connectivity index is 1.55. The predicted octanol–water partition coefficient (Wildman–Crippen LogP) is 5.12. The molecule has 1 aliphatic rings. The summed E-state index contributed by atoms with van der Waals surface area (Å²) in [7, 11) is 1.60. The molecule has 31 heavy (non-hydrogen) atoms. The van der Waals surface area contributed by atoms with Crippen molar-refractivity contribution in [1.29, 1.82) is 0 Å². The number of oxazole rings is 1. The van der Waals surface area contributed by atoms with Crippen LogP contribution in [0.1, 0.15) is 36.0 Å². The molecule has 0 fully saturated rings. The lowest BCUT2D eigenvalue weighted by Crippen LogP contribution is -2.18. The Kier molecular flexibility index (Phi) is 4.77. The van der Waals surface area contributed by atoms with Crippen molar-refractivity contribution in [2.24, 2.45) is 0 Å². The van der Waals surface area contributed by atoms with Crippen molar-refractivity contribution in [2.45, 2.75) is 32.2 Å². The van der Waals surface area contributed by atoms with E-state index in [0.717, 1.165) is 36.6 Å². The zero-order valence-electron chi connectivity index (χ0n) is 17.1. The van der Waals surface area contributed by atoms with Gasteiger partial charge in [0.15, 0.2) is 17.5 Å². The molecule has 5 rings (SSSR count). The lowest BCUT2D eigenvalue weighted by atomic mass is 9.90. The molecular weight excluding hydrogens is 402 g/mol. The molecule has 8 heteroatoms. The van der Waals surface area contributed by atoms with Gasteiger partial charge in [0.1, 0.15) is 23.2 Å². The van der Waals surface area contributed by atoms with Crippen LogP contribution in [0.3, 0.4) is 0 Å². The maximum Gasteiger partial charge on any atom is 0.191 e. The molecule has 1 atom stereocenters. The first-order valence-corrected chi connectivity index (χ1v) is 10.0. The van der Waals surface area contributed by atoms with Crippen molar-refractivity contribution in [3.8, 4) is 28.5 Å². The van der Waals surface area contributed by atoms with Gasteiger partial charge in [-0.25, -0.2) is 13.8 Å². The zero-order valence-corrected chi connectivity index (χ0v) is 17.1. The number of hydrogen-bond donors (Lipinski definition) is 0. The van der Waals surface area contributed by atoms with Gasteiger partial charge < -0.3 is 13.7 Å². The van der Waals surface area contributed by atoms with Crippen LogP contribution in [-0.2, 0) is 6.54 Å². The summed E-state index contributed by atoms with van der Waals surface area (Å²) >= 11 is 0. The third kappa shape index (κ3) is 3.37. The molecular formula is C23H20F2N4O2. The second-order valence-corrected chi connectivity index (χ2v) is 7.55. The summed E-state index contributed by atoms with van der Waals surface area (Å²) in [6.45, 7) is 2.51. The molecule has 0 spiro atoms. The largest absolute Gasteiger partial charge is 0.496 e. The van der Waals surface area contributed by atoms with Gasteiger partial charge in [0.2, 0.25) is 0 Å². The molecule has 0 radical (unpaired) electrons. The Morgan fingerprint density at radius 2 is 2.00 bits per heavy atom. The van der Waals surface area contributed by atoms with Gasteiger partial charge in [-0.2, -0.15) is 0 Å². The fourth-order valence-electron chi connectivity index (χ4n) is 4.19. The van der Waals surface area contributed by atoms with E-state index in [-0.39, 0.29) is 5.92 Å². The number of fused-ring (bicyclic) bond motifs is 1. The predicted molar refractivity (Wildman–Crippen MR) is 110 cm³/mol. The third-order valence-electron chi connectivity index (χ3n) is 5.65. The minimum Gasteiger partial charge on any atom is -0.496 e. The Morgan fingerprint density at radius 1 is 1.13 bits per heavy atom. The molecule has 0 saturated carbocycles. The van der Waals surface area contributed by atoms with E-state index in [0.29, 0.717) is 34.6 Å². The monoisotopic (exact) mass is 422 g/mol. The highest BCUT2D eigenvalue weighted by Gasteiger charge is 2.29. The molecule has 4 aromatic rings. The second-order valence-electron chi connectivity index (χ2n) is 7.55. The first-order chi connectivity index (χ1) is 15.0. The summed E-state index contributed by atoms with van der Waals surface area (Å²) in [6, 6.07) is 9.40. The number of aryl methyl sites for hydroxylation is 1. The van der Waals surface area contributed by atoms with E-state index in [1.54, 1.807) is 20.2 Å². The maximum atomic E-state index is 14.4. The minimum atomic E-state index is -0.589.